The lowest BCUT2D eigenvalue weighted by atomic mass is 9.61. The molecule has 0 aromatic heterocycles. The number of unbranched alkanes of at least 4 members (excludes halogenated alkanes) is 2. The molecule has 4 rings (SSSR count). The third-order valence-corrected chi connectivity index (χ3v) is 8.77. The van der Waals surface area contributed by atoms with Gasteiger partial charge in [-0.3, -0.25) is 14.4 Å². The molecule has 1 fully saturated rings. The van der Waals surface area contributed by atoms with E-state index < -0.39 is 41.0 Å². The maximum atomic E-state index is 14.2. The molecule has 8 nitrogen and oxygen atoms in total. The van der Waals surface area contributed by atoms with Crippen LogP contribution in [0.4, 0.5) is 11.4 Å². The van der Waals surface area contributed by atoms with Crippen LogP contribution in [-0.4, -0.2) is 41.5 Å². The normalized spacial score (nSPS) is 21.0. The Kier molecular flexibility index (Phi) is 11.3. The minimum atomic E-state index is -1.73. The molecule has 8 heteroatoms. The van der Waals surface area contributed by atoms with Crippen LogP contribution >= 0.6 is 0 Å². The lowest BCUT2D eigenvalue weighted by molar-refractivity contribution is -0.150. The number of nitrogens with one attached hydrogen (secondary N) is 2. The van der Waals surface area contributed by atoms with Crippen molar-refractivity contribution in [2.75, 3.05) is 23.8 Å². The second-order valence-corrected chi connectivity index (χ2v) is 12.8. The highest BCUT2D eigenvalue weighted by Crippen LogP contribution is 2.48. The van der Waals surface area contributed by atoms with Crippen LogP contribution in [0.3, 0.4) is 0 Å². The molecule has 3 aromatic rings. The highest BCUT2D eigenvalue weighted by molar-refractivity contribution is 6.10. The number of amides is 2. The Hall–Kier alpha value is -4.17. The van der Waals surface area contributed by atoms with Gasteiger partial charge in [0.2, 0.25) is 11.8 Å². The van der Waals surface area contributed by atoms with Crippen LogP contribution in [-0.2, 0) is 14.4 Å². The van der Waals surface area contributed by atoms with Crippen molar-refractivity contribution < 1.29 is 29.0 Å². The quantitative estimate of drug-likeness (QED) is 0.144. The zero-order chi connectivity index (χ0) is 33.6. The van der Waals surface area contributed by atoms with Gasteiger partial charge in [0.05, 0.1) is 24.7 Å². The van der Waals surface area contributed by atoms with Crippen LogP contribution in [0.15, 0.2) is 54.6 Å². The Bertz CT molecular complexity index is 1580. The third-order valence-electron chi connectivity index (χ3n) is 8.77. The van der Waals surface area contributed by atoms with Crippen LogP contribution in [0.5, 0.6) is 11.5 Å². The van der Waals surface area contributed by atoms with Crippen molar-refractivity contribution in [3.8, 4) is 11.5 Å². The van der Waals surface area contributed by atoms with Gasteiger partial charge in [-0.05, 0) is 88.9 Å². The van der Waals surface area contributed by atoms with E-state index in [1.807, 2.05) is 71.0 Å². The van der Waals surface area contributed by atoms with Gasteiger partial charge in [0.1, 0.15) is 11.7 Å². The summed E-state index contributed by atoms with van der Waals surface area (Å²) < 4.78 is 12.0. The lowest BCUT2D eigenvalue weighted by Gasteiger charge is -2.44. The topological polar surface area (TPSA) is 114 Å². The minimum absolute atomic E-state index is 0.351. The summed E-state index contributed by atoms with van der Waals surface area (Å²) in [6.07, 6.45) is 2.64. The number of aliphatic hydroxyl groups is 1. The molecule has 3 N–H and O–H groups in total. The van der Waals surface area contributed by atoms with Crippen LogP contribution in [0, 0.1) is 39.5 Å². The number of hydrogen-bond acceptors (Lipinski definition) is 6. The molecule has 0 bridgehead atoms. The molecule has 1 aliphatic rings. The van der Waals surface area contributed by atoms with Gasteiger partial charge in [0, 0.05) is 23.7 Å². The van der Waals surface area contributed by atoms with Crippen LogP contribution in [0.1, 0.15) is 80.2 Å². The number of anilines is 2. The molecular weight excluding hydrogens is 580 g/mol. The number of ether oxygens (including phenoxy) is 2. The highest BCUT2D eigenvalue weighted by Gasteiger charge is 2.56. The molecule has 1 saturated carbocycles. The average Bonchev–Trinajstić information content (AvgIpc) is 2.98. The SMILES string of the molecule is CCCCCOc1ccc(C2C(C(=O)Nc3ccc(C)cc3C)C(=O)CC(C)(O)C2C(=O)Nc2ccc(C)cc2C)cc1OCC. The fourth-order valence-corrected chi connectivity index (χ4v) is 6.47. The van der Waals surface area contributed by atoms with Crippen LogP contribution in [0.2, 0.25) is 0 Å². The second kappa shape index (κ2) is 14.9. The summed E-state index contributed by atoms with van der Waals surface area (Å²) in [5.74, 6) is -3.84. The Morgan fingerprint density at radius 2 is 1.43 bits per heavy atom. The van der Waals surface area contributed by atoms with E-state index in [4.69, 9.17) is 9.47 Å². The molecule has 1 aliphatic carbocycles. The maximum absolute atomic E-state index is 14.2. The van der Waals surface area contributed by atoms with Crippen LogP contribution < -0.4 is 20.1 Å². The van der Waals surface area contributed by atoms with E-state index in [1.54, 1.807) is 18.2 Å². The van der Waals surface area contributed by atoms with Crippen LogP contribution in [0.25, 0.3) is 0 Å². The highest BCUT2D eigenvalue weighted by atomic mass is 16.5. The Morgan fingerprint density at radius 3 is 2.00 bits per heavy atom. The number of carbonyl (C=O) groups excluding carboxylic acids is 3. The summed E-state index contributed by atoms with van der Waals surface area (Å²) >= 11 is 0. The number of Topliss-reactive ketones (excluding diaryl/α,β-unsaturated/α-hetero) is 1. The van der Waals surface area contributed by atoms with E-state index in [2.05, 4.69) is 17.6 Å². The summed E-state index contributed by atoms with van der Waals surface area (Å²) in [5.41, 5.74) is 3.79. The van der Waals surface area contributed by atoms with Crippen molar-refractivity contribution in [2.24, 2.45) is 11.8 Å². The zero-order valence-corrected chi connectivity index (χ0v) is 28.2. The predicted octanol–water partition coefficient (Wildman–Crippen LogP) is 7.21. The summed E-state index contributed by atoms with van der Waals surface area (Å²) in [5, 5.41) is 17.7. The number of ketones is 1. The first-order chi connectivity index (χ1) is 21.9. The second-order valence-electron chi connectivity index (χ2n) is 12.8. The first-order valence-corrected chi connectivity index (χ1v) is 16.3. The Labute approximate surface area is 272 Å². The number of benzene rings is 3. The van der Waals surface area contributed by atoms with E-state index in [1.165, 1.54) is 6.92 Å². The van der Waals surface area contributed by atoms with Gasteiger partial charge in [-0.25, -0.2) is 0 Å². The molecule has 0 radical (unpaired) electrons. The standard InChI is InChI=1S/C38H48N2O6/c1-8-10-11-18-46-31-17-14-27(21-32(31)45-9-2)33-34(36(42)39-28-15-12-23(3)19-25(28)5)30(41)22-38(7,44)35(33)37(43)40-29-16-13-24(4)20-26(29)6/h12-17,19-21,33-35,44H,8-11,18,22H2,1-7H3,(H,39,42)(H,40,43). The fraction of sp³-hybridized carbons (Fsp3) is 0.447. The molecular formula is C38H48N2O6. The van der Waals surface area contributed by atoms with Crippen molar-refractivity contribution in [1.29, 1.82) is 0 Å². The third kappa shape index (κ3) is 7.97. The van der Waals surface area contributed by atoms with Gasteiger partial charge in [0.15, 0.2) is 11.5 Å². The molecule has 2 amide bonds. The van der Waals surface area contributed by atoms with Gasteiger partial charge in [0.25, 0.3) is 0 Å². The number of aryl methyl sites for hydroxylation is 4. The molecule has 0 spiro atoms. The summed E-state index contributed by atoms with van der Waals surface area (Å²) in [4.78, 5) is 42.2. The molecule has 4 atom stereocenters. The largest absolute Gasteiger partial charge is 0.490 e. The lowest BCUT2D eigenvalue weighted by Crippen LogP contribution is -2.56. The van der Waals surface area contributed by atoms with Gasteiger partial charge >= 0.3 is 0 Å². The van der Waals surface area contributed by atoms with Crippen molar-refractivity contribution in [2.45, 2.75) is 85.7 Å². The number of hydrogen-bond donors (Lipinski definition) is 3. The monoisotopic (exact) mass is 628 g/mol. The number of carbonyl (C=O) groups is 3. The summed E-state index contributed by atoms with van der Waals surface area (Å²) in [7, 11) is 0. The van der Waals surface area contributed by atoms with Crippen molar-refractivity contribution in [3.63, 3.8) is 0 Å². The van der Waals surface area contributed by atoms with Crippen molar-refractivity contribution in [3.05, 3.63) is 82.4 Å². The van der Waals surface area contributed by atoms with Gasteiger partial charge in [-0.1, -0.05) is 61.2 Å². The van der Waals surface area contributed by atoms with E-state index >= 15 is 0 Å². The van der Waals surface area contributed by atoms with Crippen molar-refractivity contribution >= 4 is 29.0 Å². The van der Waals surface area contributed by atoms with E-state index in [-0.39, 0.29) is 6.42 Å². The maximum Gasteiger partial charge on any atom is 0.235 e. The molecule has 246 valence electrons. The van der Waals surface area contributed by atoms with Crippen molar-refractivity contribution in [1.82, 2.24) is 0 Å². The zero-order valence-electron chi connectivity index (χ0n) is 28.2. The Balaban J connectivity index is 1.81. The van der Waals surface area contributed by atoms with E-state index in [0.717, 1.165) is 41.5 Å². The first-order valence-electron chi connectivity index (χ1n) is 16.3. The Morgan fingerprint density at radius 1 is 0.826 bits per heavy atom. The minimum Gasteiger partial charge on any atom is -0.490 e. The number of rotatable bonds is 12. The summed E-state index contributed by atoms with van der Waals surface area (Å²) in [6, 6.07) is 16.6. The van der Waals surface area contributed by atoms with Gasteiger partial charge in [-0.15, -0.1) is 0 Å². The summed E-state index contributed by atoms with van der Waals surface area (Å²) in [6.45, 7) is 14.1. The molecule has 0 heterocycles. The molecule has 3 aromatic carbocycles. The van der Waals surface area contributed by atoms with Gasteiger partial charge < -0.3 is 25.2 Å². The molecule has 0 saturated heterocycles. The molecule has 46 heavy (non-hydrogen) atoms. The van der Waals surface area contributed by atoms with Gasteiger partial charge in [-0.2, -0.15) is 0 Å². The smallest absolute Gasteiger partial charge is 0.235 e. The van der Waals surface area contributed by atoms with E-state index in [9.17, 15) is 19.5 Å². The fourth-order valence-electron chi connectivity index (χ4n) is 6.47. The molecule has 4 unspecified atom stereocenters. The first kappa shape index (κ1) is 34.7. The molecule has 0 aliphatic heterocycles. The average molecular weight is 629 g/mol. The predicted molar refractivity (Wildman–Crippen MR) is 182 cm³/mol. The van der Waals surface area contributed by atoms with E-state index in [0.29, 0.717) is 41.7 Å².